The monoisotopic (exact) mass is 438 g/mol. The fourth-order valence-electron chi connectivity index (χ4n) is 4.24. The Morgan fingerprint density at radius 1 is 1.30 bits per heavy atom. The van der Waals surface area contributed by atoms with E-state index >= 15 is 0 Å². The first-order valence-electron chi connectivity index (χ1n) is 11.0. The minimum atomic E-state index is -1.52. The number of piperidine rings is 1. The van der Waals surface area contributed by atoms with Gasteiger partial charge in [-0.25, -0.2) is 14.0 Å². The summed E-state index contributed by atoms with van der Waals surface area (Å²) in [6.45, 7) is 6.44. The van der Waals surface area contributed by atoms with Gasteiger partial charge in [-0.1, -0.05) is 20.3 Å². The second kappa shape index (κ2) is 10.7. The molecule has 2 N–H and O–H groups in total. The normalized spacial score (nSPS) is 21.5. The molecule has 2 fully saturated rings. The van der Waals surface area contributed by atoms with Gasteiger partial charge in [-0.15, -0.1) is 0 Å². The molecule has 3 heterocycles. The highest BCUT2D eigenvalue weighted by Crippen LogP contribution is 2.34. The highest BCUT2D eigenvalue weighted by molar-refractivity contribution is 7.85. The molecule has 0 aromatic carbocycles. The number of nitrogens with one attached hydrogen (secondary N) is 1. The van der Waals surface area contributed by atoms with Crippen LogP contribution in [-0.2, 0) is 26.9 Å². The van der Waals surface area contributed by atoms with Gasteiger partial charge in [0.15, 0.2) is 0 Å². The molecule has 2 aliphatic heterocycles. The topological polar surface area (TPSA) is 105 Å². The maximum absolute atomic E-state index is 13.3. The molecule has 1 amide bonds. The van der Waals surface area contributed by atoms with Crippen molar-refractivity contribution in [1.82, 2.24) is 19.8 Å². The largest absolute Gasteiger partial charge is 0.381 e. The van der Waals surface area contributed by atoms with Crippen molar-refractivity contribution in [2.24, 2.45) is 5.92 Å². The highest BCUT2D eigenvalue weighted by Gasteiger charge is 2.48. The van der Waals surface area contributed by atoms with E-state index in [2.05, 4.69) is 23.8 Å². The third-order valence-electron chi connectivity index (χ3n) is 6.20. The number of carbonyl (C=O) groups is 1. The van der Waals surface area contributed by atoms with Gasteiger partial charge in [-0.3, -0.25) is 20.0 Å². The Hall–Kier alpha value is -1.42. The quantitative estimate of drug-likeness (QED) is 0.477. The van der Waals surface area contributed by atoms with Crippen LogP contribution in [0.5, 0.6) is 0 Å². The van der Waals surface area contributed by atoms with Gasteiger partial charge in [0.2, 0.25) is 0 Å². The minimum Gasteiger partial charge on any atom is -0.381 e. The maximum Gasteiger partial charge on any atom is 0.263 e. The Kier molecular flexibility index (Phi) is 8.33. The molecule has 2 aliphatic rings. The molecule has 9 heteroatoms. The van der Waals surface area contributed by atoms with Crippen LogP contribution in [0.1, 0.15) is 69.7 Å². The van der Waals surface area contributed by atoms with E-state index < -0.39 is 21.6 Å². The second-order valence-electron chi connectivity index (χ2n) is 8.72. The Morgan fingerprint density at radius 3 is 2.57 bits per heavy atom. The summed E-state index contributed by atoms with van der Waals surface area (Å²) in [6, 6.07) is 0. The lowest BCUT2D eigenvalue weighted by molar-refractivity contribution is -0.134. The van der Waals surface area contributed by atoms with E-state index in [0.717, 1.165) is 37.1 Å². The van der Waals surface area contributed by atoms with Gasteiger partial charge in [0.25, 0.3) is 5.91 Å². The molecule has 30 heavy (non-hydrogen) atoms. The number of hydroxylamine groups is 1. The van der Waals surface area contributed by atoms with Crippen LogP contribution in [0, 0.1) is 5.92 Å². The fourth-order valence-corrected chi connectivity index (χ4v) is 6.00. The maximum atomic E-state index is 13.3. The first-order chi connectivity index (χ1) is 14.5. The third kappa shape index (κ3) is 5.43. The highest BCUT2D eigenvalue weighted by atomic mass is 32.2. The predicted octanol–water partition coefficient (Wildman–Crippen LogP) is 2.35. The van der Waals surface area contributed by atoms with Crippen molar-refractivity contribution >= 4 is 16.9 Å². The predicted molar refractivity (Wildman–Crippen MR) is 114 cm³/mol. The fraction of sp³-hybridized carbons (Fsp3) is 0.762. The van der Waals surface area contributed by atoms with Gasteiger partial charge >= 0.3 is 0 Å². The first-order valence-corrected chi connectivity index (χ1v) is 12.1. The molecule has 168 valence electrons. The molecule has 2 saturated heterocycles. The standard InChI is InChI=1S/C21H34N4O4S/c1-16(2)4-3-5-18-14-23-19(15-22-18)17-6-10-25(11-7-17)30(28)21(20(26)24-27)8-12-29-13-9-21/h14-17,27H,3-13H2,1-2H3,(H,24,26). The van der Waals surface area contributed by atoms with Gasteiger partial charge in [-0.05, 0) is 44.4 Å². The van der Waals surface area contributed by atoms with Crippen LogP contribution in [0.2, 0.25) is 0 Å². The van der Waals surface area contributed by atoms with E-state index in [1.165, 1.54) is 6.42 Å². The Labute approximate surface area is 181 Å². The van der Waals surface area contributed by atoms with Crippen molar-refractivity contribution in [3.05, 3.63) is 23.8 Å². The summed E-state index contributed by atoms with van der Waals surface area (Å²) in [7, 11) is -1.52. The van der Waals surface area contributed by atoms with E-state index in [4.69, 9.17) is 4.74 Å². The summed E-state index contributed by atoms with van der Waals surface area (Å²) < 4.78 is 19.4. The minimum absolute atomic E-state index is 0.285. The molecule has 0 radical (unpaired) electrons. The summed E-state index contributed by atoms with van der Waals surface area (Å²) in [5.41, 5.74) is 3.75. The molecule has 1 aromatic heterocycles. The van der Waals surface area contributed by atoms with Gasteiger partial charge in [0.1, 0.15) is 15.7 Å². The van der Waals surface area contributed by atoms with Crippen LogP contribution in [-0.4, -0.2) is 60.6 Å². The average molecular weight is 439 g/mol. The molecular formula is C21H34N4O4S. The molecule has 8 nitrogen and oxygen atoms in total. The number of hydrogen-bond acceptors (Lipinski definition) is 6. The number of aromatic nitrogens is 2. The van der Waals surface area contributed by atoms with Gasteiger partial charge < -0.3 is 4.74 Å². The van der Waals surface area contributed by atoms with Crippen LogP contribution in [0.15, 0.2) is 12.4 Å². The number of rotatable bonds is 8. The summed E-state index contributed by atoms with van der Waals surface area (Å²) in [6.07, 6.45) is 9.39. The Balaban J connectivity index is 1.56. The van der Waals surface area contributed by atoms with Crippen LogP contribution in [0.25, 0.3) is 0 Å². The van der Waals surface area contributed by atoms with E-state index in [1.807, 2.05) is 16.7 Å². The number of amides is 1. The van der Waals surface area contributed by atoms with Crippen LogP contribution in [0.3, 0.4) is 0 Å². The van der Waals surface area contributed by atoms with Gasteiger partial charge in [-0.2, -0.15) is 0 Å². The molecule has 0 bridgehead atoms. The number of carbonyl (C=O) groups excluding carboxylic acids is 1. The lowest BCUT2D eigenvalue weighted by Crippen LogP contribution is -2.57. The first kappa shape index (κ1) is 23.2. The molecular weight excluding hydrogens is 404 g/mol. The van der Waals surface area contributed by atoms with E-state index in [1.54, 1.807) is 5.48 Å². The van der Waals surface area contributed by atoms with Gasteiger partial charge in [0, 0.05) is 44.6 Å². The van der Waals surface area contributed by atoms with Crippen LogP contribution < -0.4 is 5.48 Å². The number of ether oxygens (including phenoxy) is 1. The zero-order valence-corrected chi connectivity index (χ0v) is 18.8. The number of hydrogen-bond donors (Lipinski definition) is 2. The molecule has 0 saturated carbocycles. The van der Waals surface area contributed by atoms with Gasteiger partial charge in [0.05, 0.1) is 11.4 Å². The second-order valence-corrected chi connectivity index (χ2v) is 10.5. The van der Waals surface area contributed by atoms with Crippen LogP contribution >= 0.6 is 0 Å². The Morgan fingerprint density at radius 2 is 2.00 bits per heavy atom. The molecule has 1 aromatic rings. The molecule has 1 unspecified atom stereocenters. The lowest BCUT2D eigenvalue weighted by atomic mass is 9.95. The zero-order chi connectivity index (χ0) is 21.6. The molecule has 1 atom stereocenters. The summed E-state index contributed by atoms with van der Waals surface area (Å²) in [4.78, 5) is 21.6. The SMILES string of the molecule is CC(C)CCCc1cnc(C2CCN(S(=O)C3(C(=O)NO)CCOCC3)CC2)cn1. The van der Waals surface area contributed by atoms with Crippen molar-refractivity contribution in [1.29, 1.82) is 0 Å². The molecule has 3 rings (SSSR count). The summed E-state index contributed by atoms with van der Waals surface area (Å²) in [5.74, 6) is 0.412. The summed E-state index contributed by atoms with van der Waals surface area (Å²) >= 11 is 0. The smallest absolute Gasteiger partial charge is 0.263 e. The van der Waals surface area contributed by atoms with Crippen molar-refractivity contribution in [3.8, 4) is 0 Å². The van der Waals surface area contributed by atoms with Crippen molar-refractivity contribution in [3.63, 3.8) is 0 Å². The third-order valence-corrected chi connectivity index (χ3v) is 8.29. The van der Waals surface area contributed by atoms with Crippen molar-refractivity contribution < 1.29 is 18.9 Å². The molecule has 0 aliphatic carbocycles. The Bertz CT molecular complexity index is 714. The summed E-state index contributed by atoms with van der Waals surface area (Å²) in [5, 5.41) is 9.19. The van der Waals surface area contributed by atoms with Crippen molar-refractivity contribution in [2.75, 3.05) is 26.3 Å². The van der Waals surface area contributed by atoms with E-state index in [9.17, 15) is 14.2 Å². The number of nitrogens with zero attached hydrogens (tertiary/aromatic N) is 3. The lowest BCUT2D eigenvalue weighted by Gasteiger charge is -2.40. The van der Waals surface area contributed by atoms with E-state index in [0.29, 0.717) is 45.1 Å². The number of aryl methyl sites for hydroxylation is 1. The van der Waals surface area contributed by atoms with E-state index in [-0.39, 0.29) is 5.92 Å². The molecule has 0 spiro atoms. The average Bonchev–Trinajstić information content (AvgIpc) is 2.79. The van der Waals surface area contributed by atoms with Crippen LogP contribution in [0.4, 0.5) is 0 Å². The van der Waals surface area contributed by atoms with Crippen molar-refractivity contribution in [2.45, 2.75) is 69.5 Å². The zero-order valence-electron chi connectivity index (χ0n) is 18.0.